The van der Waals surface area contributed by atoms with Gasteiger partial charge in [-0.3, -0.25) is 4.79 Å². The molecule has 82 valence electrons. The van der Waals surface area contributed by atoms with Gasteiger partial charge in [0.05, 0.1) is 6.54 Å². The van der Waals surface area contributed by atoms with E-state index >= 15 is 0 Å². The number of hydrogen-bond acceptors (Lipinski definition) is 3. The van der Waals surface area contributed by atoms with E-state index in [1.54, 1.807) is 0 Å². The van der Waals surface area contributed by atoms with Crippen LogP contribution in [0.25, 0.3) is 11.3 Å². The lowest BCUT2D eigenvalue weighted by Gasteiger charge is -1.94. The van der Waals surface area contributed by atoms with Crippen LogP contribution < -0.4 is 5.32 Å². The SMILES string of the molecule is CC(=O)NCc1cc(-c2ccccc2)no1. The summed E-state index contributed by atoms with van der Waals surface area (Å²) in [5, 5.41) is 6.59. The maximum atomic E-state index is 10.7. The highest BCUT2D eigenvalue weighted by Crippen LogP contribution is 2.18. The Morgan fingerprint density at radius 1 is 1.38 bits per heavy atom. The van der Waals surface area contributed by atoms with E-state index in [4.69, 9.17) is 4.52 Å². The molecule has 2 aromatic rings. The molecule has 1 heterocycles. The van der Waals surface area contributed by atoms with Crippen molar-refractivity contribution in [2.45, 2.75) is 13.5 Å². The van der Waals surface area contributed by atoms with Gasteiger partial charge in [-0.2, -0.15) is 0 Å². The van der Waals surface area contributed by atoms with Crippen LogP contribution in [0, 0.1) is 0 Å². The second kappa shape index (κ2) is 4.61. The molecular weight excluding hydrogens is 204 g/mol. The Morgan fingerprint density at radius 2 is 2.12 bits per heavy atom. The Bertz CT molecular complexity index is 477. The summed E-state index contributed by atoms with van der Waals surface area (Å²) in [5.41, 5.74) is 1.78. The highest BCUT2D eigenvalue weighted by atomic mass is 16.5. The second-order valence-electron chi connectivity index (χ2n) is 3.45. The average molecular weight is 216 g/mol. The van der Waals surface area contributed by atoms with Crippen molar-refractivity contribution in [1.82, 2.24) is 10.5 Å². The summed E-state index contributed by atoms with van der Waals surface area (Å²) >= 11 is 0. The maximum absolute atomic E-state index is 10.7. The lowest BCUT2D eigenvalue weighted by Crippen LogP contribution is -2.18. The van der Waals surface area contributed by atoms with Gasteiger partial charge >= 0.3 is 0 Å². The Hall–Kier alpha value is -2.10. The summed E-state index contributed by atoms with van der Waals surface area (Å²) in [7, 11) is 0. The van der Waals surface area contributed by atoms with Gasteiger partial charge in [0.15, 0.2) is 5.76 Å². The first-order chi connectivity index (χ1) is 7.75. The van der Waals surface area contributed by atoms with Gasteiger partial charge in [0.2, 0.25) is 5.91 Å². The zero-order chi connectivity index (χ0) is 11.4. The molecule has 1 amide bonds. The van der Waals surface area contributed by atoms with Crippen molar-refractivity contribution in [3.8, 4) is 11.3 Å². The first-order valence-corrected chi connectivity index (χ1v) is 5.01. The van der Waals surface area contributed by atoms with E-state index in [-0.39, 0.29) is 5.91 Å². The molecule has 0 spiro atoms. The van der Waals surface area contributed by atoms with E-state index < -0.39 is 0 Å². The fraction of sp³-hybridized carbons (Fsp3) is 0.167. The number of benzene rings is 1. The van der Waals surface area contributed by atoms with Gasteiger partial charge in [0.1, 0.15) is 5.69 Å². The molecule has 0 atom stereocenters. The van der Waals surface area contributed by atoms with Crippen molar-refractivity contribution in [2.75, 3.05) is 0 Å². The van der Waals surface area contributed by atoms with E-state index in [9.17, 15) is 4.79 Å². The summed E-state index contributed by atoms with van der Waals surface area (Å²) in [4.78, 5) is 10.7. The Labute approximate surface area is 93.3 Å². The molecule has 2 rings (SSSR count). The average Bonchev–Trinajstić information content (AvgIpc) is 2.76. The lowest BCUT2D eigenvalue weighted by atomic mass is 10.1. The third kappa shape index (κ3) is 2.48. The Kier molecular flexibility index (Phi) is 3.00. The minimum Gasteiger partial charge on any atom is -0.359 e. The van der Waals surface area contributed by atoms with E-state index in [0.29, 0.717) is 12.3 Å². The molecule has 0 bridgehead atoms. The first-order valence-electron chi connectivity index (χ1n) is 5.01. The van der Waals surface area contributed by atoms with E-state index in [1.807, 2.05) is 36.4 Å². The molecule has 4 heteroatoms. The molecule has 1 N–H and O–H groups in total. The number of carbonyl (C=O) groups excluding carboxylic acids is 1. The number of amides is 1. The quantitative estimate of drug-likeness (QED) is 0.853. The van der Waals surface area contributed by atoms with Crippen molar-refractivity contribution >= 4 is 5.91 Å². The number of rotatable bonds is 3. The molecule has 0 radical (unpaired) electrons. The summed E-state index contributed by atoms with van der Waals surface area (Å²) < 4.78 is 5.10. The second-order valence-corrected chi connectivity index (χ2v) is 3.45. The van der Waals surface area contributed by atoms with Crippen LogP contribution in [0.4, 0.5) is 0 Å². The summed E-state index contributed by atoms with van der Waals surface area (Å²) in [6, 6.07) is 11.6. The minimum atomic E-state index is -0.0855. The minimum absolute atomic E-state index is 0.0855. The molecule has 4 nitrogen and oxygen atoms in total. The number of nitrogens with zero attached hydrogens (tertiary/aromatic N) is 1. The zero-order valence-corrected chi connectivity index (χ0v) is 8.93. The van der Waals surface area contributed by atoms with Gasteiger partial charge < -0.3 is 9.84 Å². The number of aromatic nitrogens is 1. The van der Waals surface area contributed by atoms with Gasteiger partial charge in [-0.05, 0) is 0 Å². The third-order valence-electron chi connectivity index (χ3n) is 2.14. The van der Waals surface area contributed by atoms with Crippen LogP contribution in [0.15, 0.2) is 40.9 Å². The van der Waals surface area contributed by atoms with Crippen LogP contribution >= 0.6 is 0 Å². The van der Waals surface area contributed by atoms with Crippen LogP contribution in [0.3, 0.4) is 0 Å². The van der Waals surface area contributed by atoms with E-state index in [0.717, 1.165) is 11.3 Å². The molecule has 1 aromatic carbocycles. The van der Waals surface area contributed by atoms with Gasteiger partial charge in [-0.15, -0.1) is 0 Å². The third-order valence-corrected chi connectivity index (χ3v) is 2.14. The molecule has 0 saturated carbocycles. The van der Waals surface area contributed by atoms with Crippen LogP contribution in [0.5, 0.6) is 0 Å². The fourth-order valence-electron chi connectivity index (χ4n) is 1.35. The van der Waals surface area contributed by atoms with Gasteiger partial charge in [-0.25, -0.2) is 0 Å². The highest BCUT2D eigenvalue weighted by Gasteiger charge is 2.05. The van der Waals surface area contributed by atoms with E-state index in [1.165, 1.54) is 6.92 Å². The first kappa shape index (κ1) is 10.4. The van der Waals surface area contributed by atoms with Gasteiger partial charge in [0, 0.05) is 18.6 Å². The standard InChI is InChI=1S/C12H12N2O2/c1-9(15)13-8-11-7-12(14-16-11)10-5-3-2-4-6-10/h2-7H,8H2,1H3,(H,13,15). The molecule has 16 heavy (non-hydrogen) atoms. The van der Waals surface area contributed by atoms with Crippen molar-refractivity contribution < 1.29 is 9.32 Å². The number of nitrogens with one attached hydrogen (secondary N) is 1. The fourth-order valence-corrected chi connectivity index (χ4v) is 1.35. The zero-order valence-electron chi connectivity index (χ0n) is 8.93. The molecule has 0 aliphatic rings. The van der Waals surface area contributed by atoms with Crippen LogP contribution in [-0.4, -0.2) is 11.1 Å². The molecule has 0 fully saturated rings. The number of hydrogen-bond donors (Lipinski definition) is 1. The normalized spacial score (nSPS) is 10.1. The molecule has 0 aliphatic carbocycles. The predicted octanol–water partition coefficient (Wildman–Crippen LogP) is 1.98. The summed E-state index contributed by atoms with van der Waals surface area (Å²) in [6.45, 7) is 1.84. The number of carbonyl (C=O) groups is 1. The largest absolute Gasteiger partial charge is 0.359 e. The van der Waals surface area contributed by atoms with Gasteiger partial charge in [0.25, 0.3) is 0 Å². The molecule has 1 aromatic heterocycles. The van der Waals surface area contributed by atoms with Crippen molar-refractivity contribution in [3.63, 3.8) is 0 Å². The smallest absolute Gasteiger partial charge is 0.217 e. The highest BCUT2D eigenvalue weighted by molar-refractivity contribution is 5.72. The summed E-state index contributed by atoms with van der Waals surface area (Å²) in [6.07, 6.45) is 0. The van der Waals surface area contributed by atoms with E-state index in [2.05, 4.69) is 10.5 Å². The van der Waals surface area contributed by atoms with Gasteiger partial charge in [-0.1, -0.05) is 35.5 Å². The predicted molar refractivity (Wildman–Crippen MR) is 59.5 cm³/mol. The molecule has 0 unspecified atom stereocenters. The van der Waals surface area contributed by atoms with Crippen molar-refractivity contribution in [3.05, 3.63) is 42.2 Å². The molecule has 0 saturated heterocycles. The Morgan fingerprint density at radius 3 is 2.81 bits per heavy atom. The van der Waals surface area contributed by atoms with Crippen LogP contribution in [0.1, 0.15) is 12.7 Å². The Balaban J connectivity index is 2.11. The van der Waals surface area contributed by atoms with Crippen LogP contribution in [0.2, 0.25) is 0 Å². The van der Waals surface area contributed by atoms with Crippen molar-refractivity contribution in [2.24, 2.45) is 0 Å². The summed E-state index contributed by atoms with van der Waals surface area (Å²) in [5.74, 6) is 0.562. The van der Waals surface area contributed by atoms with Crippen LogP contribution in [-0.2, 0) is 11.3 Å². The van der Waals surface area contributed by atoms with Crippen molar-refractivity contribution in [1.29, 1.82) is 0 Å². The lowest BCUT2D eigenvalue weighted by molar-refractivity contribution is -0.119. The maximum Gasteiger partial charge on any atom is 0.217 e. The molecular formula is C12H12N2O2. The monoisotopic (exact) mass is 216 g/mol. The molecule has 0 aliphatic heterocycles. The topological polar surface area (TPSA) is 55.1 Å².